The number of carbonyl (C=O) groups excluding carboxylic acids is 2. The molecule has 1 aliphatic carbocycles. The van der Waals surface area contributed by atoms with Gasteiger partial charge in [-0.2, -0.15) is 0 Å². The van der Waals surface area contributed by atoms with Crippen LogP contribution in [0.15, 0.2) is 97.1 Å². The van der Waals surface area contributed by atoms with E-state index in [0.29, 0.717) is 24.2 Å². The van der Waals surface area contributed by atoms with Gasteiger partial charge in [-0.1, -0.05) is 112 Å². The van der Waals surface area contributed by atoms with Gasteiger partial charge >= 0.3 is 0 Å². The van der Waals surface area contributed by atoms with Crippen LogP contribution in [-0.4, -0.2) is 11.7 Å². The first-order valence-corrected chi connectivity index (χ1v) is 17.0. The van der Waals surface area contributed by atoms with Crippen LogP contribution < -0.4 is 5.32 Å². The highest BCUT2D eigenvalue weighted by atomic mass is 35.5. The molecule has 4 heteroatoms. The summed E-state index contributed by atoms with van der Waals surface area (Å²) in [5.41, 5.74) is 9.73. The van der Waals surface area contributed by atoms with Crippen molar-refractivity contribution in [2.75, 3.05) is 5.32 Å². The summed E-state index contributed by atoms with van der Waals surface area (Å²) in [4.78, 5) is 26.4. The van der Waals surface area contributed by atoms with Crippen molar-refractivity contribution >= 4 is 34.6 Å². The number of Topliss-reactive ketones (excluding diaryl/α,β-unsaturated/α-hetero) is 1. The average Bonchev–Trinajstić information content (AvgIpc) is 3.04. The molecule has 0 fully saturated rings. The molecule has 2 atom stereocenters. The first-order valence-electron chi connectivity index (χ1n) is 16.6. The molecule has 3 nitrogen and oxygen atoms in total. The Balaban J connectivity index is 1.37. The van der Waals surface area contributed by atoms with Gasteiger partial charge < -0.3 is 5.32 Å². The topological polar surface area (TPSA) is 46.2 Å². The molecule has 4 aromatic rings. The van der Waals surface area contributed by atoms with Gasteiger partial charge in [0, 0.05) is 22.7 Å². The predicted octanol–water partition coefficient (Wildman–Crippen LogP) is 11.5. The minimum atomic E-state index is -0.393. The predicted molar refractivity (Wildman–Crippen MR) is 194 cm³/mol. The number of ketones is 1. The number of amides is 1. The van der Waals surface area contributed by atoms with Gasteiger partial charge in [-0.15, -0.1) is 0 Å². The molecular formula is C42H46ClNO2. The molecular weight excluding hydrogens is 586 g/mol. The van der Waals surface area contributed by atoms with Gasteiger partial charge in [0.1, 0.15) is 0 Å². The maximum absolute atomic E-state index is 13.9. The maximum Gasteiger partial charge on any atom is 0.232 e. The third kappa shape index (κ3) is 8.25. The Kier molecular flexibility index (Phi) is 10.6. The largest absolute Gasteiger partial charge is 0.326 e. The summed E-state index contributed by atoms with van der Waals surface area (Å²) >= 11 is 6.16. The van der Waals surface area contributed by atoms with Crippen LogP contribution in [0.3, 0.4) is 0 Å². The summed E-state index contributed by atoms with van der Waals surface area (Å²) < 4.78 is 0. The van der Waals surface area contributed by atoms with Crippen LogP contribution in [0.1, 0.15) is 98.3 Å². The Morgan fingerprint density at radius 1 is 0.891 bits per heavy atom. The van der Waals surface area contributed by atoms with Gasteiger partial charge in [0.05, 0.1) is 5.92 Å². The van der Waals surface area contributed by atoms with Crippen molar-refractivity contribution < 1.29 is 9.59 Å². The van der Waals surface area contributed by atoms with Crippen molar-refractivity contribution in [1.82, 2.24) is 0 Å². The van der Waals surface area contributed by atoms with Crippen LogP contribution in [0, 0.1) is 18.3 Å². The number of rotatable bonds is 10. The van der Waals surface area contributed by atoms with E-state index in [1.165, 1.54) is 17.6 Å². The number of anilines is 1. The lowest BCUT2D eigenvalue weighted by molar-refractivity contribution is -0.117. The number of carbonyl (C=O) groups is 2. The summed E-state index contributed by atoms with van der Waals surface area (Å²) in [7, 11) is 0. The van der Waals surface area contributed by atoms with E-state index in [4.69, 9.17) is 11.6 Å². The second-order valence-corrected chi connectivity index (χ2v) is 14.3. The number of hydrogen-bond donors (Lipinski definition) is 1. The van der Waals surface area contributed by atoms with Crippen LogP contribution in [0.2, 0.25) is 5.02 Å². The molecule has 0 saturated carbocycles. The molecule has 0 bridgehead atoms. The fourth-order valence-electron chi connectivity index (χ4n) is 6.52. The molecule has 5 rings (SSSR count). The number of nitrogens with one attached hydrogen (secondary N) is 1. The van der Waals surface area contributed by atoms with Gasteiger partial charge in [0.25, 0.3) is 0 Å². The molecule has 46 heavy (non-hydrogen) atoms. The number of halogens is 1. The molecule has 0 aromatic heterocycles. The van der Waals surface area contributed by atoms with Gasteiger partial charge in [-0.3, -0.25) is 9.59 Å². The van der Waals surface area contributed by atoms with Gasteiger partial charge in [-0.25, -0.2) is 0 Å². The van der Waals surface area contributed by atoms with E-state index in [-0.39, 0.29) is 11.7 Å². The summed E-state index contributed by atoms with van der Waals surface area (Å²) in [6.07, 6.45) is 7.71. The van der Waals surface area contributed by atoms with E-state index in [1.807, 2.05) is 80.6 Å². The molecule has 0 unspecified atom stereocenters. The smallest absolute Gasteiger partial charge is 0.232 e. The van der Waals surface area contributed by atoms with Gasteiger partial charge in [0.2, 0.25) is 5.91 Å². The van der Waals surface area contributed by atoms with Crippen LogP contribution in [0.25, 0.3) is 16.7 Å². The van der Waals surface area contributed by atoms with E-state index in [1.54, 1.807) is 0 Å². The zero-order chi connectivity index (χ0) is 32.8. The second kappa shape index (κ2) is 14.6. The van der Waals surface area contributed by atoms with Crippen molar-refractivity contribution in [3.8, 4) is 11.1 Å². The molecule has 1 amide bonds. The molecule has 0 aliphatic heterocycles. The molecule has 238 valence electrons. The average molecular weight is 632 g/mol. The molecule has 0 spiro atoms. The highest BCUT2D eigenvalue weighted by Crippen LogP contribution is 2.40. The van der Waals surface area contributed by atoms with Crippen LogP contribution >= 0.6 is 11.6 Å². The Bertz CT molecular complexity index is 1690. The molecule has 0 radical (unpaired) electrons. The third-order valence-corrected chi connectivity index (χ3v) is 9.72. The fraction of sp³-hybridized carbons (Fsp3) is 0.333. The Morgan fingerprint density at radius 3 is 2.15 bits per heavy atom. The van der Waals surface area contributed by atoms with Crippen molar-refractivity contribution in [2.24, 2.45) is 11.3 Å². The van der Waals surface area contributed by atoms with Crippen molar-refractivity contribution in [3.63, 3.8) is 0 Å². The lowest BCUT2D eigenvalue weighted by Crippen LogP contribution is -2.23. The molecule has 0 saturated heterocycles. The lowest BCUT2D eigenvalue weighted by atomic mass is 9.72. The first kappa shape index (κ1) is 33.4. The second-order valence-electron chi connectivity index (χ2n) is 13.8. The normalized spacial score (nSPS) is 15.6. The zero-order valence-electron chi connectivity index (χ0n) is 27.8. The summed E-state index contributed by atoms with van der Waals surface area (Å²) in [6.45, 7) is 11.1. The minimum absolute atomic E-state index is 0.0563. The van der Waals surface area contributed by atoms with Gasteiger partial charge in [0.15, 0.2) is 5.78 Å². The van der Waals surface area contributed by atoms with E-state index in [0.717, 1.165) is 63.4 Å². The van der Waals surface area contributed by atoms with Crippen molar-refractivity contribution in [2.45, 2.75) is 79.1 Å². The summed E-state index contributed by atoms with van der Waals surface area (Å²) in [5, 5.41) is 3.90. The molecule has 0 heterocycles. The van der Waals surface area contributed by atoms with E-state index < -0.39 is 5.92 Å². The van der Waals surface area contributed by atoms with E-state index in [9.17, 15) is 9.59 Å². The Labute approximate surface area is 280 Å². The van der Waals surface area contributed by atoms with Crippen molar-refractivity contribution in [1.29, 1.82) is 0 Å². The highest BCUT2D eigenvalue weighted by molar-refractivity contribution is 6.30. The molecule has 1 aliphatic rings. The number of aryl methyl sites for hydroxylation is 1. The van der Waals surface area contributed by atoms with E-state index in [2.05, 4.69) is 56.4 Å². The Morgan fingerprint density at radius 2 is 1.57 bits per heavy atom. The van der Waals surface area contributed by atoms with Crippen molar-refractivity contribution in [3.05, 3.63) is 130 Å². The standard InChI is InChI=1S/C42H46ClNO2/c1-6-7-40(45)34-10-8-29(9-11-34)27-39(33-14-12-30(13-15-33)31-16-20-35(21-17-31)42(3,4)5)41(46)44-37-23-18-32(19-24-37)38-25-22-36(43)26-28(38)2/h8-16,18-19,22-26,35,39H,6-7,17,20-21,27H2,1-5H3,(H,44,46)/t35-,39-/m0/s1. The van der Waals surface area contributed by atoms with Crippen LogP contribution in [-0.2, 0) is 11.2 Å². The lowest BCUT2D eigenvalue weighted by Gasteiger charge is -2.33. The number of hydrogen-bond acceptors (Lipinski definition) is 2. The number of benzene rings is 4. The number of allylic oxidation sites excluding steroid dienone is 2. The minimum Gasteiger partial charge on any atom is -0.326 e. The monoisotopic (exact) mass is 631 g/mol. The SMILES string of the molecule is CCCC(=O)c1ccc(C[C@H](C(=O)Nc2ccc(-c3ccc(Cl)cc3C)cc2)c2ccc(C3=CC[C@H](C(C)(C)C)CC3)cc2)cc1. The van der Waals surface area contributed by atoms with E-state index >= 15 is 0 Å². The zero-order valence-corrected chi connectivity index (χ0v) is 28.6. The van der Waals surface area contributed by atoms with Gasteiger partial charge in [-0.05, 0) is 114 Å². The van der Waals surface area contributed by atoms with Crippen LogP contribution in [0.4, 0.5) is 5.69 Å². The molecule has 4 aromatic carbocycles. The van der Waals surface area contributed by atoms with Crippen LogP contribution in [0.5, 0.6) is 0 Å². The fourth-order valence-corrected chi connectivity index (χ4v) is 6.75. The third-order valence-electron chi connectivity index (χ3n) is 9.48. The Hall–Kier alpha value is -3.95. The first-order chi connectivity index (χ1) is 22.0. The summed E-state index contributed by atoms with van der Waals surface area (Å²) in [6, 6.07) is 30.2. The highest BCUT2D eigenvalue weighted by Gasteiger charge is 2.27. The summed E-state index contributed by atoms with van der Waals surface area (Å²) in [5.74, 6) is 0.410. The molecule has 1 N–H and O–H groups in total. The quantitative estimate of drug-likeness (QED) is 0.177. The maximum atomic E-state index is 13.9.